The molecule has 0 fully saturated rings. The van der Waals surface area contributed by atoms with Crippen molar-refractivity contribution >= 4 is 21.6 Å². The monoisotopic (exact) mass is 313 g/mol. The van der Waals surface area contributed by atoms with Gasteiger partial charge in [-0.15, -0.1) is 0 Å². The maximum absolute atomic E-state index is 13.4. The molecule has 0 unspecified atom stereocenters. The molecule has 0 aliphatic rings. The maximum atomic E-state index is 13.4. The first-order valence-electron chi connectivity index (χ1n) is 5.44. The van der Waals surface area contributed by atoms with Crippen molar-refractivity contribution in [3.63, 3.8) is 0 Å². The van der Waals surface area contributed by atoms with E-state index < -0.39 is 5.82 Å². The molecule has 2 aromatic rings. The first-order valence-corrected chi connectivity index (χ1v) is 6.23. The molecule has 1 heterocycles. The van der Waals surface area contributed by atoms with Crippen LogP contribution < -0.4 is 10.5 Å². The van der Waals surface area contributed by atoms with Gasteiger partial charge in [-0.05, 0) is 35.8 Å². The number of nitrogen functional groups attached to an aromatic ring is 1. The Kier molecular flexibility index (Phi) is 3.56. The fourth-order valence-electron chi connectivity index (χ4n) is 1.42. The molecule has 0 radical (unpaired) electrons. The molecule has 0 amide bonds. The normalized spacial score (nSPS) is 10.9. The van der Waals surface area contributed by atoms with Crippen LogP contribution in [-0.4, -0.2) is 9.78 Å². The number of anilines is 1. The molecule has 6 heteroatoms. The summed E-state index contributed by atoms with van der Waals surface area (Å²) in [7, 11) is 0. The van der Waals surface area contributed by atoms with E-state index in [2.05, 4.69) is 21.0 Å². The fourth-order valence-corrected chi connectivity index (χ4v) is 1.78. The van der Waals surface area contributed by atoms with Crippen LogP contribution in [0.3, 0.4) is 0 Å². The van der Waals surface area contributed by atoms with Gasteiger partial charge >= 0.3 is 0 Å². The molecule has 0 aliphatic carbocycles. The Morgan fingerprint density at radius 2 is 2.17 bits per heavy atom. The second-order valence-corrected chi connectivity index (χ2v) is 5.01. The van der Waals surface area contributed by atoms with Crippen molar-refractivity contribution in [2.75, 3.05) is 5.73 Å². The molecule has 0 bridgehead atoms. The highest BCUT2D eigenvalue weighted by atomic mass is 79.9. The molecule has 1 aromatic carbocycles. The van der Waals surface area contributed by atoms with E-state index >= 15 is 0 Å². The smallest absolute Gasteiger partial charge is 0.165 e. The molecule has 18 heavy (non-hydrogen) atoms. The van der Waals surface area contributed by atoms with Gasteiger partial charge in [-0.1, -0.05) is 0 Å². The minimum absolute atomic E-state index is 0.237. The molecule has 1 aromatic heterocycles. The number of hydrogen-bond acceptors (Lipinski definition) is 3. The highest BCUT2D eigenvalue weighted by Gasteiger charge is 2.10. The summed E-state index contributed by atoms with van der Waals surface area (Å²) in [6.07, 6.45) is 3.31. The minimum atomic E-state index is -0.421. The molecule has 2 rings (SSSR count). The molecule has 4 nitrogen and oxygen atoms in total. The molecular formula is C12H13BrFN3O. The number of hydrogen-bond donors (Lipinski definition) is 1. The topological polar surface area (TPSA) is 53.1 Å². The van der Waals surface area contributed by atoms with Crippen LogP contribution in [0.2, 0.25) is 0 Å². The van der Waals surface area contributed by atoms with Crippen LogP contribution in [0.5, 0.6) is 11.5 Å². The Bertz CT molecular complexity index is 568. The molecule has 0 saturated heterocycles. The summed E-state index contributed by atoms with van der Waals surface area (Å²) in [5.74, 6) is 0.381. The highest BCUT2D eigenvalue weighted by Crippen LogP contribution is 2.32. The zero-order valence-electron chi connectivity index (χ0n) is 10.0. The zero-order valence-corrected chi connectivity index (χ0v) is 11.6. The lowest BCUT2D eigenvalue weighted by atomic mass is 10.3. The average molecular weight is 314 g/mol. The fraction of sp³-hybridized carbons (Fsp3) is 0.250. The van der Waals surface area contributed by atoms with Crippen LogP contribution in [-0.2, 0) is 0 Å². The first-order chi connectivity index (χ1) is 8.47. The number of nitrogens with two attached hydrogens (primary N) is 1. The lowest BCUT2D eigenvalue weighted by molar-refractivity contribution is 0.473. The van der Waals surface area contributed by atoms with Gasteiger partial charge in [-0.3, -0.25) is 4.68 Å². The second kappa shape index (κ2) is 4.97. The van der Waals surface area contributed by atoms with Crippen molar-refractivity contribution < 1.29 is 9.13 Å². The second-order valence-electron chi connectivity index (χ2n) is 4.16. The van der Waals surface area contributed by atoms with Crippen LogP contribution in [0.15, 0.2) is 29.0 Å². The van der Waals surface area contributed by atoms with Gasteiger partial charge in [0, 0.05) is 12.1 Å². The zero-order chi connectivity index (χ0) is 13.3. The number of rotatable bonds is 3. The van der Waals surface area contributed by atoms with Crippen LogP contribution in [0, 0.1) is 5.82 Å². The number of benzene rings is 1. The molecule has 0 atom stereocenters. The Hall–Kier alpha value is -1.56. The summed E-state index contributed by atoms with van der Waals surface area (Å²) in [6, 6.07) is 2.95. The van der Waals surface area contributed by atoms with Crippen molar-refractivity contribution in [2.24, 2.45) is 0 Å². The third-order valence-electron chi connectivity index (χ3n) is 2.39. The Morgan fingerprint density at radius 1 is 1.44 bits per heavy atom. The number of aromatic nitrogens is 2. The predicted octanol–water partition coefficient (Wildman–Crippen LogP) is 3.74. The largest absolute Gasteiger partial charge is 0.452 e. The summed E-state index contributed by atoms with van der Waals surface area (Å²) in [5.41, 5.74) is 6.12. The minimum Gasteiger partial charge on any atom is -0.452 e. The van der Waals surface area contributed by atoms with Crippen molar-refractivity contribution in [2.45, 2.75) is 19.9 Å². The van der Waals surface area contributed by atoms with E-state index in [1.165, 1.54) is 12.1 Å². The van der Waals surface area contributed by atoms with Crippen LogP contribution >= 0.6 is 15.9 Å². The molecule has 96 valence electrons. The molecule has 0 spiro atoms. The van der Waals surface area contributed by atoms with E-state index in [1.54, 1.807) is 17.1 Å². The lowest BCUT2D eigenvalue weighted by Gasteiger charge is -2.07. The Labute approximate surface area is 113 Å². The van der Waals surface area contributed by atoms with E-state index in [-0.39, 0.29) is 11.8 Å². The van der Waals surface area contributed by atoms with Gasteiger partial charge in [-0.25, -0.2) is 4.39 Å². The van der Waals surface area contributed by atoms with E-state index in [4.69, 9.17) is 10.5 Å². The standard InChI is InChI=1S/C12H13BrFN3O/c1-7(2)17-6-8(5-16-17)18-12-4-10(14)9(13)3-11(12)15/h3-7H,15H2,1-2H3. The van der Waals surface area contributed by atoms with E-state index in [1.807, 2.05) is 13.8 Å². The van der Waals surface area contributed by atoms with Crippen molar-refractivity contribution in [1.82, 2.24) is 9.78 Å². The van der Waals surface area contributed by atoms with Crippen LogP contribution in [0.25, 0.3) is 0 Å². The SMILES string of the molecule is CC(C)n1cc(Oc2cc(F)c(Br)cc2N)cn1. The number of halogens is 2. The third kappa shape index (κ3) is 2.64. The van der Waals surface area contributed by atoms with Gasteiger partial charge in [0.1, 0.15) is 5.82 Å². The lowest BCUT2D eigenvalue weighted by Crippen LogP contribution is -1.99. The summed E-state index contributed by atoms with van der Waals surface area (Å²) in [5, 5.41) is 4.13. The van der Waals surface area contributed by atoms with Gasteiger partial charge in [0.2, 0.25) is 0 Å². The Balaban J connectivity index is 2.25. The van der Waals surface area contributed by atoms with E-state index in [9.17, 15) is 4.39 Å². The maximum Gasteiger partial charge on any atom is 0.165 e. The third-order valence-corrected chi connectivity index (χ3v) is 3.00. The van der Waals surface area contributed by atoms with Gasteiger partial charge in [-0.2, -0.15) is 5.10 Å². The highest BCUT2D eigenvalue weighted by molar-refractivity contribution is 9.10. The summed E-state index contributed by atoms with van der Waals surface area (Å²) in [6.45, 7) is 4.01. The summed E-state index contributed by atoms with van der Waals surface area (Å²) in [4.78, 5) is 0. The van der Waals surface area contributed by atoms with Crippen LogP contribution in [0.1, 0.15) is 19.9 Å². The molecule has 0 aliphatic heterocycles. The van der Waals surface area contributed by atoms with Crippen molar-refractivity contribution in [3.8, 4) is 11.5 Å². The van der Waals surface area contributed by atoms with Crippen molar-refractivity contribution in [1.29, 1.82) is 0 Å². The van der Waals surface area contributed by atoms with Gasteiger partial charge < -0.3 is 10.5 Å². The summed E-state index contributed by atoms with van der Waals surface area (Å²) < 4.78 is 21.0. The molecular weight excluding hydrogens is 301 g/mol. The molecule has 2 N–H and O–H groups in total. The van der Waals surface area contributed by atoms with Gasteiger partial charge in [0.15, 0.2) is 11.5 Å². The summed E-state index contributed by atoms with van der Waals surface area (Å²) >= 11 is 3.06. The number of nitrogens with zero attached hydrogens (tertiary/aromatic N) is 2. The Morgan fingerprint density at radius 3 is 2.78 bits per heavy atom. The van der Waals surface area contributed by atoms with Crippen LogP contribution in [0.4, 0.5) is 10.1 Å². The molecule has 0 saturated carbocycles. The predicted molar refractivity (Wildman–Crippen MR) is 71.2 cm³/mol. The first kappa shape index (κ1) is 12.9. The van der Waals surface area contributed by atoms with Gasteiger partial charge in [0.05, 0.1) is 22.6 Å². The quantitative estimate of drug-likeness (QED) is 0.878. The van der Waals surface area contributed by atoms with Gasteiger partial charge in [0.25, 0.3) is 0 Å². The number of ether oxygens (including phenoxy) is 1. The average Bonchev–Trinajstić information content (AvgIpc) is 2.74. The van der Waals surface area contributed by atoms with Crippen molar-refractivity contribution in [3.05, 3.63) is 34.8 Å². The van der Waals surface area contributed by atoms with E-state index in [0.29, 0.717) is 15.9 Å². The van der Waals surface area contributed by atoms with E-state index in [0.717, 1.165) is 0 Å².